The van der Waals surface area contributed by atoms with Gasteiger partial charge in [0, 0.05) is 25.2 Å². The average Bonchev–Trinajstić information content (AvgIpc) is 1.59. The Morgan fingerprint density at radius 3 is 1.34 bits per heavy atom. The van der Waals surface area contributed by atoms with Crippen molar-refractivity contribution in [2.75, 3.05) is 78.8 Å². The molecule has 2 aromatic rings. The predicted octanol–water partition coefficient (Wildman–Crippen LogP) is -9.64. The van der Waals surface area contributed by atoms with Gasteiger partial charge in [0.25, 0.3) is 0 Å². The van der Waals surface area contributed by atoms with E-state index >= 15 is 0 Å². The van der Waals surface area contributed by atoms with Crippen LogP contribution in [0.2, 0.25) is 0 Å². The van der Waals surface area contributed by atoms with Crippen LogP contribution in [0.1, 0.15) is 63.5 Å². The summed E-state index contributed by atoms with van der Waals surface area (Å²) in [6.07, 6.45) is -9.70. The van der Waals surface area contributed by atoms with Crippen molar-refractivity contribution in [3.8, 4) is 11.5 Å². The number of urea groups is 7. The number of aliphatic hydroxyl groups excluding tert-OH is 5. The fourth-order valence-corrected chi connectivity index (χ4v) is 14.8. The van der Waals surface area contributed by atoms with Crippen LogP contribution < -0.4 is 136 Å². The number of guanidine groups is 2. The van der Waals surface area contributed by atoms with E-state index in [4.69, 9.17) is 109 Å². The number of nitrogens with zero attached hydrogens (tertiary/aromatic N) is 3. The highest BCUT2D eigenvalue weighted by molar-refractivity contribution is 5.95. The minimum absolute atomic E-state index is 0.127. The summed E-state index contributed by atoms with van der Waals surface area (Å²) in [5, 5.41) is 90.5. The molecular formula is C74H118N26O26. The van der Waals surface area contributed by atoms with Crippen LogP contribution in [-0.2, 0) is 52.2 Å². The molecule has 0 bridgehead atoms. The first-order chi connectivity index (χ1) is 60.2. The Bertz CT molecular complexity index is 4070. The Balaban J connectivity index is 0.000000285. The first-order valence-corrected chi connectivity index (χ1v) is 40.8. The van der Waals surface area contributed by atoms with Crippen molar-refractivity contribution in [3.05, 3.63) is 71.8 Å². The van der Waals surface area contributed by atoms with Crippen LogP contribution in [0.4, 0.5) is 38.4 Å². The van der Waals surface area contributed by atoms with Crippen LogP contribution in [0.15, 0.2) is 70.7 Å². The zero-order valence-corrected chi connectivity index (χ0v) is 69.1. The van der Waals surface area contributed by atoms with Crippen LogP contribution >= 0.6 is 0 Å². The van der Waals surface area contributed by atoms with Gasteiger partial charge in [0.1, 0.15) is 90.5 Å². The van der Waals surface area contributed by atoms with E-state index < -0.39 is 226 Å². The highest BCUT2D eigenvalue weighted by Gasteiger charge is 2.57. The second-order valence-electron chi connectivity index (χ2n) is 30.3. The van der Waals surface area contributed by atoms with Gasteiger partial charge < -0.3 is 204 Å². The molecule has 17 amide bonds. The molecule has 10 rings (SSSR count). The number of ether oxygens (including phenoxy) is 11. The first-order valence-electron chi connectivity index (χ1n) is 40.8. The lowest BCUT2D eigenvalue weighted by Gasteiger charge is -2.44. The minimum atomic E-state index is -1.64. The molecule has 126 heavy (non-hydrogen) atoms. The summed E-state index contributed by atoms with van der Waals surface area (Å²) in [5.41, 5.74) is 56.7. The monoisotopic (exact) mass is 1790 g/mol. The number of benzene rings is 2. The van der Waals surface area contributed by atoms with Gasteiger partial charge >= 0.3 is 48.3 Å². The molecular weight excluding hydrogens is 1670 g/mol. The van der Waals surface area contributed by atoms with Crippen molar-refractivity contribution >= 4 is 84.2 Å². The van der Waals surface area contributed by atoms with Crippen LogP contribution in [0.3, 0.4) is 0 Å². The van der Waals surface area contributed by atoms with Gasteiger partial charge in [-0.25, -0.2) is 53.2 Å². The number of aliphatic hydroxyl groups is 5. The number of carbonyl (C=O) groups excluding carboxylic acids is 10. The van der Waals surface area contributed by atoms with E-state index in [1.165, 1.54) is 12.2 Å². The number of aliphatic imine (C=N–C) groups is 2. The van der Waals surface area contributed by atoms with E-state index in [2.05, 4.69) is 79.1 Å². The summed E-state index contributed by atoms with van der Waals surface area (Å²) in [5.74, 6) is -0.652. The number of nitrogens with one attached hydrogen (secondary N) is 13. The lowest BCUT2D eigenvalue weighted by atomic mass is 9.95. The molecule has 52 nitrogen and oxygen atoms in total. The summed E-state index contributed by atoms with van der Waals surface area (Å²) in [6.45, 7) is 7.58. The van der Waals surface area contributed by atoms with Crippen LogP contribution in [0.25, 0.3) is 12.2 Å². The van der Waals surface area contributed by atoms with Crippen molar-refractivity contribution in [3.63, 3.8) is 0 Å². The quantitative estimate of drug-likeness (QED) is 0.0129. The van der Waals surface area contributed by atoms with Gasteiger partial charge in [0.2, 0.25) is 24.4 Å². The number of imide groups is 1. The molecule has 2 aromatic carbocycles. The number of fused-ring (bicyclic) bond motifs is 2. The Labute approximate surface area is 722 Å². The Hall–Kier alpha value is -11.3. The van der Waals surface area contributed by atoms with Crippen LogP contribution in [0.5, 0.6) is 11.5 Å². The molecule has 38 N–H and O–H groups in total. The second-order valence-corrected chi connectivity index (χ2v) is 30.3. The van der Waals surface area contributed by atoms with Crippen molar-refractivity contribution in [2.45, 2.75) is 211 Å². The van der Waals surface area contributed by atoms with Gasteiger partial charge in [0.15, 0.2) is 37.0 Å². The number of hydrogen-bond donors (Lipinski definition) is 28. The van der Waals surface area contributed by atoms with Crippen molar-refractivity contribution in [2.24, 2.45) is 67.3 Å². The topological polar surface area (TPSA) is 818 Å². The fourth-order valence-electron chi connectivity index (χ4n) is 14.8. The van der Waals surface area contributed by atoms with Crippen LogP contribution in [-0.4, -0.2) is 340 Å². The summed E-state index contributed by atoms with van der Waals surface area (Å²) < 4.78 is 64.0. The van der Waals surface area contributed by atoms with E-state index in [-0.39, 0.29) is 31.6 Å². The lowest BCUT2D eigenvalue weighted by Crippen LogP contribution is -2.70. The standard InChI is InChI=1S/2C37H59N13O13/c1-17-23(29(54)26(45-33(39)40)31(61-17)62-19-8-5-18(6-9-19)7-10-22(52)44-14-4-13-43-12-3-2-11-38)47-36(57)49-30-25(46-34(41)55)28(53)21(16-59-30)63-32-27-24(20(51)15-60-32)48-37(58)50(27)35(42)56;1-17-23(29(53)27(45-33(39)40)32(60-17)61-19-8-5-18(6-9-19)7-10-22(51)44-14-4-13-43-12-3-2-11-38)48-36(56)50-30-26(47-35(42)55)28(52)21(16-58-30)62-31-25(46-34(41)54)24-20(15-59-31)63-37(57)49-24/h5-10,17,20-21,23-32,43,51,53-54H,2-4,11-16,38H2,1H3,(H2,42,56)(H,44,52)(H,48,58)(H4,39,40,45)(H3,41,46,55)(H2,47,49,57);5-10,17,20-21,23-32,43,52-53H,2-4,11-16,38H2,1H3,(H,44,51)(H,49,57)(H4,39,40,45)(H3,41,46,54)(H3,42,47,55)(H2,48,50,56)/b2*10-7+/t17-,20-,21-,23-,24+,25-,26-,27-,28+,29+,30+,31-,32+;17-,20-,21-,23-,24+,25-,26-,27-,28+,29+,30+,31+,32-/m11/s1. The molecule has 52 heteroatoms. The van der Waals surface area contributed by atoms with Crippen molar-refractivity contribution in [1.29, 1.82) is 0 Å². The number of rotatable bonds is 37. The molecule has 0 aliphatic carbocycles. The van der Waals surface area contributed by atoms with Crippen molar-refractivity contribution < 1.29 is 126 Å². The van der Waals surface area contributed by atoms with Gasteiger partial charge in [-0.1, -0.05) is 24.3 Å². The Morgan fingerprint density at radius 1 is 0.484 bits per heavy atom. The third-order valence-corrected chi connectivity index (χ3v) is 21.0. The Morgan fingerprint density at radius 2 is 0.913 bits per heavy atom. The first kappa shape index (κ1) is 98.5. The van der Waals surface area contributed by atoms with E-state index in [1.54, 1.807) is 74.5 Å². The van der Waals surface area contributed by atoms with Gasteiger partial charge in [0.05, 0.1) is 68.9 Å². The van der Waals surface area contributed by atoms with E-state index in [9.17, 15) is 73.5 Å². The number of unbranched alkanes of at least 4 members (excludes halogenated alkanes) is 2. The number of amides is 17. The SMILES string of the molecule is C[C@H]1O[C@H](Oc2ccc(/C=C/C(=O)NCCCNCCCCN)cc2)[C@H](N=C(N)N)[C@@H](O)[C@@H]1NC(=O)N[C@H]1OC[C@@H](O[C@@H]2OC[C@@H](O)[C@@H]3NC(=O)N(C(N)=O)[C@@H]23)[C@H](O)[C@H]1NC(N)=O.C[C@H]1O[C@H](Oc2ccc(/C=C/C(=O)NCCCNCCCCN)cc2)[C@H](N=C(N)N)[C@@H](O)[C@@H]1NC(=O)N[C@H]1OC[C@@H](O[C@@H]2OC[C@H]3OC(=O)N[C@@H]3[C@H]2NC(N)=O)[C@H](O)[C@H]1NC(N)=O. The number of primary amides is 4. The highest BCUT2D eigenvalue weighted by atomic mass is 16.7. The van der Waals surface area contributed by atoms with E-state index in [1.807, 2.05) is 0 Å². The largest absolute Gasteiger partial charge is 0.462 e. The van der Waals surface area contributed by atoms with Gasteiger partial charge in [-0.05, 0) is 139 Å². The molecule has 8 saturated heterocycles. The highest BCUT2D eigenvalue weighted by Crippen LogP contribution is 2.34. The predicted molar refractivity (Wildman–Crippen MR) is 442 cm³/mol. The number of alkyl carbamates (subject to hydrolysis) is 1. The maximum atomic E-state index is 13.4. The maximum absolute atomic E-state index is 13.4. The zero-order valence-electron chi connectivity index (χ0n) is 69.1. The van der Waals surface area contributed by atoms with E-state index in [0.717, 1.165) is 64.7 Å². The fraction of sp³-hybridized carbons (Fsp3) is 0.622. The Kier molecular flexibility index (Phi) is 37.4. The van der Waals surface area contributed by atoms with E-state index in [0.29, 0.717) is 53.7 Å². The maximum Gasteiger partial charge on any atom is 0.407 e. The summed E-state index contributed by atoms with van der Waals surface area (Å²) in [6, 6.07) is -5.52. The summed E-state index contributed by atoms with van der Waals surface area (Å²) >= 11 is 0. The molecule has 8 aliphatic rings. The van der Waals surface area contributed by atoms with Crippen molar-refractivity contribution in [1.82, 2.24) is 74.0 Å². The molecule has 8 heterocycles. The molecule has 8 fully saturated rings. The smallest absolute Gasteiger partial charge is 0.407 e. The van der Waals surface area contributed by atoms with Gasteiger partial charge in [-0.3, -0.25) is 9.59 Å². The average molecular weight is 1790 g/mol. The summed E-state index contributed by atoms with van der Waals surface area (Å²) in [4.78, 5) is 132. The number of nitrogens with two attached hydrogens (primary N) is 10. The zero-order chi connectivity index (χ0) is 91.4. The molecule has 0 unspecified atom stereocenters. The van der Waals surface area contributed by atoms with Gasteiger partial charge in [-0.15, -0.1) is 0 Å². The molecule has 8 aliphatic heterocycles. The third kappa shape index (κ3) is 28.3. The molecule has 0 radical (unpaired) electrons. The van der Waals surface area contributed by atoms with Gasteiger partial charge in [-0.2, -0.15) is 0 Å². The van der Waals surface area contributed by atoms with Crippen LogP contribution in [0, 0.1) is 0 Å². The minimum Gasteiger partial charge on any atom is -0.462 e. The summed E-state index contributed by atoms with van der Waals surface area (Å²) in [7, 11) is 0. The number of carbonyl (C=O) groups is 10. The lowest BCUT2D eigenvalue weighted by molar-refractivity contribution is -0.268. The molecule has 26 atom stereocenters. The second kappa shape index (κ2) is 47.8. The third-order valence-electron chi connectivity index (χ3n) is 21.0. The number of hydrogen-bond acceptors (Lipinski definition) is 32. The molecule has 700 valence electrons. The molecule has 0 aromatic heterocycles. The molecule has 0 saturated carbocycles. The molecule has 0 spiro atoms. The normalized spacial score (nSPS) is 31.5.